The fraction of sp³-hybridized carbons (Fsp3) is 0.308. The minimum Gasteiger partial charge on any atom is -0.313 e. The largest absolute Gasteiger partial charge is 0.313 e. The summed E-state index contributed by atoms with van der Waals surface area (Å²) in [5.74, 6) is 0. The van der Waals surface area contributed by atoms with Gasteiger partial charge >= 0.3 is 0 Å². The molecule has 20 heavy (non-hydrogen) atoms. The molecule has 0 bridgehead atoms. The van der Waals surface area contributed by atoms with E-state index in [0.717, 1.165) is 5.56 Å². The molecular formula is C13H18N4O2S. The average molecular weight is 294 g/mol. The zero-order valence-corrected chi connectivity index (χ0v) is 12.5. The summed E-state index contributed by atoms with van der Waals surface area (Å²) in [5.41, 5.74) is 1.62. The van der Waals surface area contributed by atoms with Crippen LogP contribution in [0.2, 0.25) is 0 Å². The van der Waals surface area contributed by atoms with Crippen LogP contribution >= 0.6 is 0 Å². The van der Waals surface area contributed by atoms with Crippen LogP contribution in [0.25, 0.3) is 0 Å². The van der Waals surface area contributed by atoms with Gasteiger partial charge in [0, 0.05) is 25.0 Å². The molecule has 1 aromatic heterocycles. The van der Waals surface area contributed by atoms with Gasteiger partial charge in [-0.1, -0.05) is 12.1 Å². The standard InChI is InChI=1S/C13H18N4O2S/c1-10(14-2)11-4-6-12(7-5-11)16-20(18,19)13-8-15-17(3)9-13/h4-10,14,16H,1-3H3. The second-order valence-electron chi connectivity index (χ2n) is 4.59. The van der Waals surface area contributed by atoms with Crippen molar-refractivity contribution in [1.29, 1.82) is 0 Å². The van der Waals surface area contributed by atoms with Crippen molar-refractivity contribution in [3.8, 4) is 0 Å². The van der Waals surface area contributed by atoms with Crippen molar-refractivity contribution in [2.24, 2.45) is 7.05 Å². The smallest absolute Gasteiger partial charge is 0.265 e. The van der Waals surface area contributed by atoms with Crippen LogP contribution in [0, 0.1) is 0 Å². The van der Waals surface area contributed by atoms with E-state index in [-0.39, 0.29) is 10.9 Å². The van der Waals surface area contributed by atoms with Gasteiger partial charge < -0.3 is 5.32 Å². The molecule has 0 saturated carbocycles. The Balaban J connectivity index is 2.18. The molecule has 0 radical (unpaired) electrons. The molecule has 0 aliphatic rings. The molecule has 0 amide bonds. The van der Waals surface area contributed by atoms with Crippen molar-refractivity contribution in [3.05, 3.63) is 42.2 Å². The first-order valence-electron chi connectivity index (χ1n) is 6.21. The molecule has 1 aromatic carbocycles. The highest BCUT2D eigenvalue weighted by Crippen LogP contribution is 2.18. The van der Waals surface area contributed by atoms with Gasteiger partial charge in [0.15, 0.2) is 0 Å². The van der Waals surface area contributed by atoms with Gasteiger partial charge in [-0.25, -0.2) is 8.42 Å². The van der Waals surface area contributed by atoms with Gasteiger partial charge in [-0.3, -0.25) is 9.40 Å². The van der Waals surface area contributed by atoms with Crippen LogP contribution in [0.3, 0.4) is 0 Å². The molecule has 2 rings (SSSR count). The Morgan fingerprint density at radius 2 is 1.90 bits per heavy atom. The normalized spacial score (nSPS) is 13.2. The number of benzene rings is 1. The molecule has 7 heteroatoms. The molecule has 108 valence electrons. The minimum absolute atomic E-state index is 0.146. The lowest BCUT2D eigenvalue weighted by Gasteiger charge is -2.12. The van der Waals surface area contributed by atoms with Gasteiger partial charge in [0.2, 0.25) is 0 Å². The summed E-state index contributed by atoms with van der Waals surface area (Å²) < 4.78 is 28.2. The summed E-state index contributed by atoms with van der Waals surface area (Å²) in [6, 6.07) is 7.50. The predicted octanol–water partition coefficient (Wildman–Crippen LogP) is 1.50. The topological polar surface area (TPSA) is 76.0 Å². The molecule has 1 atom stereocenters. The fourth-order valence-electron chi connectivity index (χ4n) is 1.76. The van der Waals surface area contributed by atoms with Crippen LogP contribution in [-0.4, -0.2) is 25.2 Å². The van der Waals surface area contributed by atoms with Crippen LogP contribution in [0.1, 0.15) is 18.5 Å². The molecule has 1 unspecified atom stereocenters. The van der Waals surface area contributed by atoms with Gasteiger partial charge in [0.25, 0.3) is 10.0 Å². The summed E-state index contributed by atoms with van der Waals surface area (Å²) in [5, 5.41) is 6.99. The van der Waals surface area contributed by atoms with Gasteiger partial charge in [-0.2, -0.15) is 5.10 Å². The first-order valence-corrected chi connectivity index (χ1v) is 7.69. The Hall–Kier alpha value is -1.86. The molecule has 2 aromatic rings. The van der Waals surface area contributed by atoms with Gasteiger partial charge in [-0.05, 0) is 31.7 Å². The van der Waals surface area contributed by atoms with Crippen LogP contribution in [0.15, 0.2) is 41.6 Å². The summed E-state index contributed by atoms with van der Waals surface area (Å²) >= 11 is 0. The predicted molar refractivity (Wildman–Crippen MR) is 77.9 cm³/mol. The van der Waals surface area contributed by atoms with Gasteiger partial charge in [0.1, 0.15) is 4.90 Å². The van der Waals surface area contributed by atoms with Crippen LogP contribution < -0.4 is 10.0 Å². The van der Waals surface area contributed by atoms with E-state index in [1.165, 1.54) is 17.1 Å². The number of nitrogens with zero attached hydrogens (tertiary/aromatic N) is 2. The fourth-order valence-corrected chi connectivity index (χ4v) is 2.80. The summed E-state index contributed by atoms with van der Waals surface area (Å²) in [6.45, 7) is 2.04. The third-order valence-electron chi connectivity index (χ3n) is 3.09. The number of aromatic nitrogens is 2. The Bertz CT molecular complexity index is 677. The second kappa shape index (κ2) is 5.64. The van der Waals surface area contributed by atoms with Crippen LogP contribution in [0.5, 0.6) is 0 Å². The van der Waals surface area contributed by atoms with Crippen molar-refractivity contribution < 1.29 is 8.42 Å². The minimum atomic E-state index is -3.58. The van der Waals surface area contributed by atoms with Crippen molar-refractivity contribution in [2.45, 2.75) is 17.9 Å². The maximum Gasteiger partial charge on any atom is 0.265 e. The molecule has 0 saturated heterocycles. The first kappa shape index (κ1) is 14.5. The monoisotopic (exact) mass is 294 g/mol. The quantitative estimate of drug-likeness (QED) is 0.876. The number of aryl methyl sites for hydroxylation is 1. The maximum atomic E-state index is 12.1. The number of anilines is 1. The van der Waals surface area contributed by atoms with Crippen molar-refractivity contribution in [1.82, 2.24) is 15.1 Å². The van der Waals surface area contributed by atoms with E-state index in [0.29, 0.717) is 5.69 Å². The summed E-state index contributed by atoms with van der Waals surface area (Å²) in [7, 11) is -0.0279. The molecule has 1 heterocycles. The van der Waals surface area contributed by atoms with Crippen LogP contribution in [-0.2, 0) is 17.1 Å². The SMILES string of the molecule is CNC(C)c1ccc(NS(=O)(=O)c2cnn(C)c2)cc1. The third-order valence-corrected chi connectivity index (χ3v) is 4.42. The molecule has 6 nitrogen and oxygen atoms in total. The first-order chi connectivity index (χ1) is 9.42. The average Bonchev–Trinajstić information content (AvgIpc) is 2.86. The number of sulfonamides is 1. The maximum absolute atomic E-state index is 12.1. The van der Waals surface area contributed by atoms with E-state index in [2.05, 4.69) is 15.1 Å². The van der Waals surface area contributed by atoms with Crippen molar-refractivity contribution >= 4 is 15.7 Å². The highest BCUT2D eigenvalue weighted by molar-refractivity contribution is 7.92. The lowest BCUT2D eigenvalue weighted by atomic mass is 10.1. The zero-order valence-electron chi connectivity index (χ0n) is 11.7. The van der Waals surface area contributed by atoms with Gasteiger partial charge in [-0.15, -0.1) is 0 Å². The Morgan fingerprint density at radius 1 is 1.25 bits per heavy atom. The highest BCUT2D eigenvalue weighted by atomic mass is 32.2. The number of rotatable bonds is 5. The lowest BCUT2D eigenvalue weighted by molar-refractivity contribution is 0.601. The zero-order chi connectivity index (χ0) is 14.8. The summed E-state index contributed by atoms with van der Waals surface area (Å²) in [4.78, 5) is 0.146. The van der Waals surface area contributed by atoms with Gasteiger partial charge in [0.05, 0.1) is 6.20 Å². The number of hydrogen-bond acceptors (Lipinski definition) is 4. The van der Waals surface area contributed by atoms with Crippen LogP contribution in [0.4, 0.5) is 5.69 Å². The van der Waals surface area contributed by atoms with Crippen molar-refractivity contribution in [2.75, 3.05) is 11.8 Å². The molecule has 0 fully saturated rings. The lowest BCUT2D eigenvalue weighted by Crippen LogP contribution is -2.14. The van der Waals surface area contributed by atoms with E-state index in [4.69, 9.17) is 0 Å². The van der Waals surface area contributed by atoms with E-state index in [1.807, 2.05) is 26.1 Å². The molecule has 0 spiro atoms. The Labute approximate surface area is 118 Å². The molecular weight excluding hydrogens is 276 g/mol. The summed E-state index contributed by atoms with van der Waals surface area (Å²) in [6.07, 6.45) is 2.78. The number of hydrogen-bond donors (Lipinski definition) is 2. The second-order valence-corrected chi connectivity index (χ2v) is 6.27. The van der Waals surface area contributed by atoms with E-state index in [9.17, 15) is 8.42 Å². The van der Waals surface area contributed by atoms with Crippen molar-refractivity contribution in [3.63, 3.8) is 0 Å². The van der Waals surface area contributed by atoms with E-state index < -0.39 is 10.0 Å². The van der Waals surface area contributed by atoms with E-state index in [1.54, 1.807) is 19.2 Å². The highest BCUT2D eigenvalue weighted by Gasteiger charge is 2.16. The molecule has 0 aliphatic heterocycles. The number of nitrogens with one attached hydrogen (secondary N) is 2. The Kier molecular flexibility index (Phi) is 4.10. The third kappa shape index (κ3) is 3.17. The van der Waals surface area contributed by atoms with E-state index >= 15 is 0 Å². The molecule has 2 N–H and O–H groups in total. The Morgan fingerprint density at radius 3 is 2.40 bits per heavy atom. The molecule has 0 aliphatic carbocycles.